The lowest BCUT2D eigenvalue weighted by Crippen LogP contribution is -2.55. The van der Waals surface area contributed by atoms with Crippen LogP contribution in [0, 0.1) is 0 Å². The summed E-state index contributed by atoms with van der Waals surface area (Å²) in [5, 5.41) is 10.3. The lowest BCUT2D eigenvalue weighted by atomic mass is 9.82. The zero-order chi connectivity index (χ0) is 10.1. The second-order valence-corrected chi connectivity index (χ2v) is 5.08. The third kappa shape index (κ3) is 2.01. The van der Waals surface area contributed by atoms with E-state index in [1.165, 1.54) is 19.3 Å². The number of hydrogen-bond donors (Lipinski definition) is 0. The van der Waals surface area contributed by atoms with Crippen LogP contribution in [0.5, 0.6) is 0 Å². The molecule has 0 radical (unpaired) electrons. The highest BCUT2D eigenvalue weighted by Gasteiger charge is 2.40. The predicted octanol–water partition coefficient (Wildman–Crippen LogP) is 3.03. The Morgan fingerprint density at radius 3 is 1.85 bits per heavy atom. The molecule has 1 saturated heterocycles. The SMILES string of the molecule is CN=NN1C(C)(C)CCCC1(C)C. The molecule has 0 aromatic heterocycles. The summed E-state index contributed by atoms with van der Waals surface area (Å²) >= 11 is 0. The Bertz CT molecular complexity index is 190. The molecule has 0 N–H and O–H groups in total. The van der Waals surface area contributed by atoms with Crippen molar-refractivity contribution in [1.29, 1.82) is 0 Å². The van der Waals surface area contributed by atoms with E-state index in [0.29, 0.717) is 0 Å². The molecule has 76 valence electrons. The second-order valence-electron chi connectivity index (χ2n) is 5.08. The van der Waals surface area contributed by atoms with Crippen molar-refractivity contribution in [2.75, 3.05) is 7.05 Å². The lowest BCUT2D eigenvalue weighted by molar-refractivity contribution is -0.0325. The fourth-order valence-electron chi connectivity index (χ4n) is 2.32. The van der Waals surface area contributed by atoms with Crippen LogP contribution >= 0.6 is 0 Å². The van der Waals surface area contributed by atoms with E-state index >= 15 is 0 Å². The third-order valence-electron chi connectivity index (χ3n) is 2.90. The van der Waals surface area contributed by atoms with Crippen LogP contribution in [0.1, 0.15) is 47.0 Å². The first-order valence-electron chi connectivity index (χ1n) is 5.00. The summed E-state index contributed by atoms with van der Waals surface area (Å²) in [6, 6.07) is 0. The van der Waals surface area contributed by atoms with Crippen LogP contribution in [0.4, 0.5) is 0 Å². The molecule has 0 bridgehead atoms. The second kappa shape index (κ2) is 3.28. The number of nitrogens with zero attached hydrogens (tertiary/aromatic N) is 3. The quantitative estimate of drug-likeness (QED) is 0.574. The summed E-state index contributed by atoms with van der Waals surface area (Å²) in [6.07, 6.45) is 3.70. The number of rotatable bonds is 1. The van der Waals surface area contributed by atoms with Gasteiger partial charge in [-0.3, -0.25) is 5.01 Å². The van der Waals surface area contributed by atoms with Crippen molar-refractivity contribution in [2.45, 2.75) is 58.0 Å². The maximum Gasteiger partial charge on any atom is 0.0546 e. The highest BCUT2D eigenvalue weighted by atomic mass is 15.6. The minimum absolute atomic E-state index is 0.154. The fraction of sp³-hybridized carbons (Fsp3) is 1.00. The van der Waals surface area contributed by atoms with Crippen molar-refractivity contribution in [1.82, 2.24) is 5.01 Å². The molecule has 1 heterocycles. The summed E-state index contributed by atoms with van der Waals surface area (Å²) in [4.78, 5) is 0. The van der Waals surface area contributed by atoms with E-state index in [2.05, 4.69) is 43.0 Å². The zero-order valence-corrected chi connectivity index (χ0v) is 9.46. The Balaban J connectivity index is 2.90. The predicted molar refractivity (Wildman–Crippen MR) is 54.6 cm³/mol. The number of piperidine rings is 1. The van der Waals surface area contributed by atoms with Gasteiger partial charge in [0, 0.05) is 0 Å². The van der Waals surface area contributed by atoms with E-state index in [-0.39, 0.29) is 11.1 Å². The van der Waals surface area contributed by atoms with E-state index in [0.717, 1.165) is 0 Å². The van der Waals surface area contributed by atoms with Gasteiger partial charge in [0.15, 0.2) is 0 Å². The van der Waals surface area contributed by atoms with Gasteiger partial charge in [0.1, 0.15) is 0 Å². The first-order chi connectivity index (χ1) is 5.90. The standard InChI is InChI=1S/C10H21N3/c1-9(2)7-6-8-10(3,4)13(9)12-11-5/h6-8H2,1-5H3. The van der Waals surface area contributed by atoms with Gasteiger partial charge in [-0.05, 0) is 47.0 Å². The molecule has 0 aromatic rings. The van der Waals surface area contributed by atoms with Crippen LogP contribution in [0.25, 0.3) is 0 Å². The molecule has 1 fully saturated rings. The van der Waals surface area contributed by atoms with E-state index in [4.69, 9.17) is 0 Å². The summed E-state index contributed by atoms with van der Waals surface area (Å²) in [5.74, 6) is 0. The van der Waals surface area contributed by atoms with Crippen molar-refractivity contribution in [3.63, 3.8) is 0 Å². The molecule has 1 rings (SSSR count). The van der Waals surface area contributed by atoms with Gasteiger partial charge in [0.05, 0.1) is 18.1 Å². The summed E-state index contributed by atoms with van der Waals surface area (Å²) in [5.41, 5.74) is 0.308. The maximum absolute atomic E-state index is 4.25. The molecule has 1 aliphatic heterocycles. The van der Waals surface area contributed by atoms with Crippen molar-refractivity contribution < 1.29 is 0 Å². The van der Waals surface area contributed by atoms with E-state index < -0.39 is 0 Å². The molecule has 1 aliphatic rings. The van der Waals surface area contributed by atoms with Gasteiger partial charge in [-0.2, -0.15) is 5.11 Å². The van der Waals surface area contributed by atoms with Crippen molar-refractivity contribution >= 4 is 0 Å². The summed E-state index contributed by atoms with van der Waals surface area (Å²) in [7, 11) is 1.74. The number of hydrogen-bond acceptors (Lipinski definition) is 2. The Morgan fingerprint density at radius 2 is 1.46 bits per heavy atom. The maximum atomic E-state index is 4.25. The fourth-order valence-corrected chi connectivity index (χ4v) is 2.32. The van der Waals surface area contributed by atoms with Crippen LogP contribution in [-0.2, 0) is 0 Å². The molecule has 13 heavy (non-hydrogen) atoms. The van der Waals surface area contributed by atoms with Crippen LogP contribution in [0.3, 0.4) is 0 Å². The average Bonchev–Trinajstić information content (AvgIpc) is 1.96. The first kappa shape index (κ1) is 10.5. The van der Waals surface area contributed by atoms with Gasteiger partial charge < -0.3 is 0 Å². The molecular formula is C10H21N3. The Kier molecular flexibility index (Phi) is 2.64. The average molecular weight is 183 g/mol. The normalized spacial score (nSPS) is 26.7. The minimum atomic E-state index is 0.154. The van der Waals surface area contributed by atoms with Gasteiger partial charge in [-0.1, -0.05) is 5.22 Å². The van der Waals surface area contributed by atoms with Gasteiger partial charge in [-0.25, -0.2) is 0 Å². The third-order valence-corrected chi connectivity index (χ3v) is 2.90. The molecule has 3 nitrogen and oxygen atoms in total. The smallest absolute Gasteiger partial charge is 0.0546 e. The largest absolute Gasteiger partial charge is 0.268 e. The molecule has 0 spiro atoms. The van der Waals surface area contributed by atoms with Crippen LogP contribution in [0.15, 0.2) is 10.3 Å². The monoisotopic (exact) mass is 183 g/mol. The topological polar surface area (TPSA) is 28.0 Å². The molecule has 0 amide bonds. The van der Waals surface area contributed by atoms with Crippen molar-refractivity contribution in [3.8, 4) is 0 Å². The molecule has 0 aliphatic carbocycles. The molecule has 3 heteroatoms. The summed E-state index contributed by atoms with van der Waals surface area (Å²) < 4.78 is 0. The van der Waals surface area contributed by atoms with Gasteiger partial charge in [-0.15, -0.1) is 0 Å². The van der Waals surface area contributed by atoms with Crippen LogP contribution in [0.2, 0.25) is 0 Å². The molecule has 0 saturated carbocycles. The van der Waals surface area contributed by atoms with E-state index in [1.54, 1.807) is 7.05 Å². The minimum Gasteiger partial charge on any atom is -0.268 e. The molecule has 0 atom stereocenters. The zero-order valence-electron chi connectivity index (χ0n) is 9.46. The first-order valence-corrected chi connectivity index (χ1v) is 5.00. The molecule has 0 aromatic carbocycles. The van der Waals surface area contributed by atoms with Crippen molar-refractivity contribution in [3.05, 3.63) is 0 Å². The van der Waals surface area contributed by atoms with Crippen LogP contribution < -0.4 is 0 Å². The van der Waals surface area contributed by atoms with E-state index in [1.807, 2.05) is 0 Å². The molecule has 0 unspecified atom stereocenters. The van der Waals surface area contributed by atoms with Gasteiger partial charge in [0.25, 0.3) is 0 Å². The van der Waals surface area contributed by atoms with Gasteiger partial charge >= 0.3 is 0 Å². The highest BCUT2D eigenvalue weighted by Crippen LogP contribution is 2.38. The lowest BCUT2D eigenvalue weighted by Gasteiger charge is -2.50. The van der Waals surface area contributed by atoms with Crippen LogP contribution in [-0.4, -0.2) is 23.1 Å². The summed E-state index contributed by atoms with van der Waals surface area (Å²) in [6.45, 7) is 8.95. The Hall–Kier alpha value is -0.600. The van der Waals surface area contributed by atoms with Gasteiger partial charge in [0.2, 0.25) is 0 Å². The highest BCUT2D eigenvalue weighted by molar-refractivity contribution is 4.94. The van der Waals surface area contributed by atoms with Crippen molar-refractivity contribution in [2.24, 2.45) is 10.3 Å². The Morgan fingerprint density at radius 1 is 1.00 bits per heavy atom. The molecular weight excluding hydrogens is 162 g/mol. The van der Waals surface area contributed by atoms with E-state index in [9.17, 15) is 0 Å². The Labute approximate surface area is 81.2 Å².